The molecule has 3 aliphatic carbocycles. The average Bonchev–Trinajstić information content (AvgIpc) is 2.94. The Morgan fingerprint density at radius 1 is 1.27 bits per heavy atom. The molecule has 4 rings (SSSR count). The van der Waals surface area contributed by atoms with Gasteiger partial charge in [-0.3, -0.25) is 4.79 Å². The first-order chi connectivity index (χ1) is 12.5. The summed E-state index contributed by atoms with van der Waals surface area (Å²) < 4.78 is 5.55. The molecule has 2 fully saturated rings. The smallest absolute Gasteiger partial charge is 0.311 e. The van der Waals surface area contributed by atoms with Crippen molar-refractivity contribution in [2.75, 3.05) is 0 Å². The molecule has 3 aliphatic rings. The predicted octanol–water partition coefficient (Wildman–Crippen LogP) is 5.00. The Bertz CT molecular complexity index is 682. The summed E-state index contributed by atoms with van der Waals surface area (Å²) in [5, 5.41) is 10.5. The highest BCUT2D eigenvalue weighted by molar-refractivity contribution is 5.72. The number of ether oxygens (including phenoxy) is 1. The number of unbranched alkanes of at least 4 members (excludes halogenated alkanes) is 1. The molecule has 3 heteroatoms. The van der Waals surface area contributed by atoms with Crippen LogP contribution >= 0.6 is 0 Å². The van der Waals surface area contributed by atoms with E-state index in [1.165, 1.54) is 30.4 Å². The van der Waals surface area contributed by atoms with Gasteiger partial charge in [-0.05, 0) is 91.4 Å². The van der Waals surface area contributed by atoms with Gasteiger partial charge in [0.2, 0.25) is 0 Å². The number of aryl methyl sites for hydroxylation is 1. The van der Waals surface area contributed by atoms with E-state index in [-0.39, 0.29) is 17.5 Å². The average molecular weight is 357 g/mol. The third kappa shape index (κ3) is 2.98. The second-order valence-corrected chi connectivity index (χ2v) is 8.99. The molecular formula is C23H32O3. The minimum atomic E-state index is -0.117. The van der Waals surface area contributed by atoms with Crippen molar-refractivity contribution in [3.05, 3.63) is 29.3 Å². The first kappa shape index (κ1) is 18.0. The molecular weight excluding hydrogens is 324 g/mol. The Kier molecular flexibility index (Phi) is 4.85. The third-order valence-electron chi connectivity index (χ3n) is 7.61. The highest BCUT2D eigenvalue weighted by atomic mass is 16.5. The van der Waals surface area contributed by atoms with Crippen molar-refractivity contribution in [2.45, 2.75) is 83.7 Å². The molecule has 0 bridgehead atoms. The van der Waals surface area contributed by atoms with Gasteiger partial charge in [-0.25, -0.2) is 0 Å². The number of hydrogen-bond acceptors (Lipinski definition) is 3. The lowest BCUT2D eigenvalue weighted by atomic mass is 9.55. The Morgan fingerprint density at radius 3 is 2.92 bits per heavy atom. The van der Waals surface area contributed by atoms with Crippen molar-refractivity contribution in [2.24, 2.45) is 17.3 Å². The van der Waals surface area contributed by atoms with Crippen molar-refractivity contribution in [3.8, 4) is 5.75 Å². The zero-order valence-corrected chi connectivity index (χ0v) is 16.2. The first-order valence-electron chi connectivity index (χ1n) is 10.5. The van der Waals surface area contributed by atoms with Gasteiger partial charge in [0, 0.05) is 6.42 Å². The van der Waals surface area contributed by atoms with Gasteiger partial charge >= 0.3 is 5.97 Å². The molecule has 0 radical (unpaired) electrons. The lowest BCUT2D eigenvalue weighted by Gasteiger charge is -2.50. The molecule has 5 atom stereocenters. The van der Waals surface area contributed by atoms with Gasteiger partial charge in [0.05, 0.1) is 6.10 Å². The van der Waals surface area contributed by atoms with Gasteiger partial charge in [0.1, 0.15) is 5.75 Å². The number of aliphatic hydroxyl groups excluding tert-OH is 1. The normalized spacial score (nSPS) is 35.3. The van der Waals surface area contributed by atoms with Gasteiger partial charge in [-0.2, -0.15) is 0 Å². The second-order valence-electron chi connectivity index (χ2n) is 8.99. The molecule has 5 unspecified atom stereocenters. The van der Waals surface area contributed by atoms with Crippen LogP contribution < -0.4 is 4.74 Å². The van der Waals surface area contributed by atoms with E-state index in [4.69, 9.17) is 4.74 Å². The summed E-state index contributed by atoms with van der Waals surface area (Å²) in [6.07, 6.45) is 9.03. The highest BCUT2D eigenvalue weighted by Crippen LogP contribution is 2.60. The molecule has 2 saturated carbocycles. The fourth-order valence-corrected chi connectivity index (χ4v) is 6.10. The van der Waals surface area contributed by atoms with E-state index in [0.717, 1.165) is 32.1 Å². The Morgan fingerprint density at radius 2 is 2.12 bits per heavy atom. The van der Waals surface area contributed by atoms with Crippen LogP contribution in [0, 0.1) is 17.3 Å². The molecule has 0 saturated heterocycles. The molecule has 0 spiro atoms. The number of carbonyl (C=O) groups excluding carboxylic acids is 1. The van der Waals surface area contributed by atoms with Crippen LogP contribution in [0.1, 0.15) is 82.3 Å². The Hall–Kier alpha value is -1.35. The number of carbonyl (C=O) groups is 1. The van der Waals surface area contributed by atoms with E-state index in [1.807, 2.05) is 6.07 Å². The molecule has 0 aromatic heterocycles. The van der Waals surface area contributed by atoms with Crippen LogP contribution in [-0.2, 0) is 11.2 Å². The number of aliphatic hydroxyl groups is 1. The van der Waals surface area contributed by atoms with E-state index in [2.05, 4.69) is 26.0 Å². The number of fused-ring (bicyclic) bond motifs is 5. The standard InChI is InChI=1S/C23H32O3/c1-3-4-5-22(25)26-16-7-9-17-15(14-16)6-8-19-18(17)12-13-23(2)20(19)10-11-21(23)24/h7,9,14,18-21,24H,3-6,8,10-13H2,1-2H3. The lowest BCUT2D eigenvalue weighted by Crippen LogP contribution is -2.43. The van der Waals surface area contributed by atoms with Gasteiger partial charge in [-0.15, -0.1) is 0 Å². The van der Waals surface area contributed by atoms with Crippen LogP contribution in [0.25, 0.3) is 0 Å². The number of esters is 1. The lowest BCUT2D eigenvalue weighted by molar-refractivity contribution is -0.134. The summed E-state index contributed by atoms with van der Waals surface area (Å²) in [7, 11) is 0. The Labute approximate surface area is 157 Å². The first-order valence-corrected chi connectivity index (χ1v) is 10.5. The summed E-state index contributed by atoms with van der Waals surface area (Å²) in [6, 6.07) is 6.30. The minimum absolute atomic E-state index is 0.111. The van der Waals surface area contributed by atoms with Gasteiger partial charge in [0.25, 0.3) is 0 Å². The maximum absolute atomic E-state index is 11.9. The topological polar surface area (TPSA) is 46.5 Å². The van der Waals surface area contributed by atoms with E-state index in [0.29, 0.717) is 29.9 Å². The largest absolute Gasteiger partial charge is 0.427 e. The SMILES string of the molecule is CCCCC(=O)Oc1ccc2c(c1)CCC1C2CCC2(C)C(O)CCC12. The second kappa shape index (κ2) is 6.99. The Balaban J connectivity index is 1.52. The fourth-order valence-electron chi connectivity index (χ4n) is 6.10. The van der Waals surface area contributed by atoms with E-state index >= 15 is 0 Å². The van der Waals surface area contributed by atoms with Crippen LogP contribution in [0.4, 0.5) is 0 Å². The summed E-state index contributed by atoms with van der Waals surface area (Å²) in [5.74, 6) is 2.58. The molecule has 0 heterocycles. The zero-order valence-electron chi connectivity index (χ0n) is 16.2. The molecule has 0 aliphatic heterocycles. The van der Waals surface area contributed by atoms with Gasteiger partial charge < -0.3 is 9.84 Å². The van der Waals surface area contributed by atoms with E-state index in [9.17, 15) is 9.90 Å². The van der Waals surface area contributed by atoms with Crippen molar-refractivity contribution in [1.29, 1.82) is 0 Å². The number of benzene rings is 1. The van der Waals surface area contributed by atoms with E-state index in [1.54, 1.807) is 0 Å². The van der Waals surface area contributed by atoms with Crippen molar-refractivity contribution < 1.29 is 14.6 Å². The van der Waals surface area contributed by atoms with Crippen molar-refractivity contribution >= 4 is 5.97 Å². The molecule has 26 heavy (non-hydrogen) atoms. The van der Waals surface area contributed by atoms with Crippen molar-refractivity contribution in [1.82, 2.24) is 0 Å². The fraction of sp³-hybridized carbons (Fsp3) is 0.696. The predicted molar refractivity (Wildman–Crippen MR) is 102 cm³/mol. The maximum atomic E-state index is 11.9. The minimum Gasteiger partial charge on any atom is -0.427 e. The molecule has 142 valence electrons. The zero-order chi connectivity index (χ0) is 18.3. The monoisotopic (exact) mass is 356 g/mol. The van der Waals surface area contributed by atoms with Gasteiger partial charge in [0.15, 0.2) is 0 Å². The molecule has 3 nitrogen and oxygen atoms in total. The van der Waals surface area contributed by atoms with Gasteiger partial charge in [-0.1, -0.05) is 26.3 Å². The van der Waals surface area contributed by atoms with Crippen LogP contribution in [-0.4, -0.2) is 17.2 Å². The maximum Gasteiger partial charge on any atom is 0.311 e. The summed E-state index contributed by atoms with van der Waals surface area (Å²) in [6.45, 7) is 4.40. The molecule has 1 aromatic carbocycles. The quantitative estimate of drug-likeness (QED) is 0.610. The van der Waals surface area contributed by atoms with Crippen LogP contribution in [0.2, 0.25) is 0 Å². The summed E-state index contributed by atoms with van der Waals surface area (Å²) in [4.78, 5) is 11.9. The summed E-state index contributed by atoms with van der Waals surface area (Å²) >= 11 is 0. The third-order valence-corrected chi connectivity index (χ3v) is 7.61. The number of rotatable bonds is 4. The highest BCUT2D eigenvalue weighted by Gasteiger charge is 2.54. The molecule has 1 N–H and O–H groups in total. The van der Waals surface area contributed by atoms with E-state index < -0.39 is 0 Å². The summed E-state index contributed by atoms with van der Waals surface area (Å²) in [5.41, 5.74) is 2.97. The van der Waals surface area contributed by atoms with Crippen LogP contribution in [0.5, 0.6) is 5.75 Å². The van der Waals surface area contributed by atoms with Crippen molar-refractivity contribution in [3.63, 3.8) is 0 Å². The number of hydrogen-bond donors (Lipinski definition) is 1. The molecule has 0 amide bonds. The van der Waals surface area contributed by atoms with Crippen LogP contribution in [0.3, 0.4) is 0 Å². The molecule has 1 aromatic rings. The van der Waals surface area contributed by atoms with Crippen LogP contribution in [0.15, 0.2) is 18.2 Å².